The number of rotatable bonds is 6. The number of nitrogen functional groups attached to an aromatic ring is 1. The maximum Gasteiger partial charge on any atom is 0.232 e. The normalized spacial score (nSPS) is 17.4. The van der Waals surface area contributed by atoms with E-state index in [1.165, 1.54) is 0 Å². The third-order valence-corrected chi connectivity index (χ3v) is 4.44. The number of benzene rings is 1. The number of nitrogens with two attached hydrogens (primary N) is 1. The summed E-state index contributed by atoms with van der Waals surface area (Å²) in [6.45, 7) is 6.70. The van der Waals surface area contributed by atoms with Crippen LogP contribution in [-0.4, -0.2) is 69.2 Å². The highest BCUT2D eigenvalue weighted by molar-refractivity contribution is 5.53. The van der Waals surface area contributed by atoms with Gasteiger partial charge in [-0.2, -0.15) is 15.0 Å². The molecule has 1 aliphatic rings. The van der Waals surface area contributed by atoms with Crippen molar-refractivity contribution in [3.05, 3.63) is 36.2 Å². The van der Waals surface area contributed by atoms with E-state index < -0.39 is 0 Å². The Balaban J connectivity index is 1.69. The van der Waals surface area contributed by atoms with Crippen LogP contribution in [-0.2, 0) is 0 Å². The molecule has 0 radical (unpaired) electrons. The van der Waals surface area contributed by atoms with Crippen LogP contribution in [0.15, 0.2) is 30.3 Å². The molecule has 2 heterocycles. The molecule has 8 heteroatoms. The number of nitrogens with zero attached hydrogens (tertiary/aromatic N) is 5. The number of nitrogens with one attached hydrogen (secondary N) is 1. The lowest BCUT2D eigenvalue weighted by atomic mass is 10.2. The SMILES string of the molecule is CC(c1nc(N)nc(Nc2ccccc2)n1)N1CCN(CCO)CC1. The van der Waals surface area contributed by atoms with Gasteiger partial charge in [0.15, 0.2) is 5.82 Å². The van der Waals surface area contributed by atoms with Gasteiger partial charge < -0.3 is 16.2 Å². The van der Waals surface area contributed by atoms with Crippen LogP contribution in [0.25, 0.3) is 0 Å². The molecule has 1 aromatic carbocycles. The number of aliphatic hydroxyl groups is 1. The predicted octanol–water partition coefficient (Wildman–Crippen LogP) is 0.868. The standard InChI is InChI=1S/C17H25N7O/c1-13(24-9-7-23(8-10-24)11-12-25)15-20-16(18)22-17(21-15)19-14-5-3-2-4-6-14/h2-6,13,25H,7-12H2,1H3,(H3,18,19,20,21,22). The molecule has 25 heavy (non-hydrogen) atoms. The molecule has 4 N–H and O–H groups in total. The number of anilines is 3. The zero-order chi connectivity index (χ0) is 17.6. The number of aliphatic hydroxyl groups excluding tert-OH is 1. The van der Waals surface area contributed by atoms with Gasteiger partial charge in [-0.05, 0) is 19.1 Å². The van der Waals surface area contributed by atoms with E-state index in [1.54, 1.807) is 0 Å². The fraction of sp³-hybridized carbons (Fsp3) is 0.471. The average Bonchev–Trinajstić information content (AvgIpc) is 2.62. The Kier molecular flexibility index (Phi) is 5.75. The highest BCUT2D eigenvalue weighted by atomic mass is 16.3. The van der Waals surface area contributed by atoms with E-state index in [0.29, 0.717) is 11.8 Å². The number of aromatic nitrogens is 3. The van der Waals surface area contributed by atoms with Gasteiger partial charge in [-0.3, -0.25) is 9.80 Å². The van der Waals surface area contributed by atoms with Crippen LogP contribution in [0, 0.1) is 0 Å². The van der Waals surface area contributed by atoms with Crippen LogP contribution < -0.4 is 11.1 Å². The van der Waals surface area contributed by atoms with Gasteiger partial charge in [0.25, 0.3) is 0 Å². The second-order valence-electron chi connectivity index (χ2n) is 6.14. The molecule has 8 nitrogen and oxygen atoms in total. The predicted molar refractivity (Wildman–Crippen MR) is 97.5 cm³/mol. The van der Waals surface area contributed by atoms with E-state index >= 15 is 0 Å². The Morgan fingerprint density at radius 3 is 2.52 bits per heavy atom. The van der Waals surface area contributed by atoms with Gasteiger partial charge >= 0.3 is 0 Å². The second kappa shape index (κ2) is 8.19. The van der Waals surface area contributed by atoms with Crippen molar-refractivity contribution in [2.75, 3.05) is 50.4 Å². The highest BCUT2D eigenvalue weighted by Crippen LogP contribution is 2.21. The Morgan fingerprint density at radius 1 is 1.12 bits per heavy atom. The summed E-state index contributed by atoms with van der Waals surface area (Å²) in [6, 6.07) is 9.80. The first-order valence-corrected chi connectivity index (χ1v) is 8.56. The number of β-amino-alcohol motifs (C(OH)–C–C–N with tert-alkyl or cyclic N) is 1. The third-order valence-electron chi connectivity index (χ3n) is 4.44. The van der Waals surface area contributed by atoms with Crippen molar-refractivity contribution in [2.24, 2.45) is 0 Å². The molecule has 0 saturated carbocycles. The quantitative estimate of drug-likeness (QED) is 0.710. The third kappa shape index (κ3) is 4.62. The maximum atomic E-state index is 9.05. The van der Waals surface area contributed by atoms with E-state index in [2.05, 4.69) is 37.0 Å². The van der Waals surface area contributed by atoms with E-state index in [-0.39, 0.29) is 18.6 Å². The van der Waals surface area contributed by atoms with Crippen LogP contribution in [0.5, 0.6) is 0 Å². The summed E-state index contributed by atoms with van der Waals surface area (Å²) >= 11 is 0. The van der Waals surface area contributed by atoms with Crippen LogP contribution in [0.2, 0.25) is 0 Å². The average molecular weight is 343 g/mol. The van der Waals surface area contributed by atoms with Crippen molar-refractivity contribution in [1.82, 2.24) is 24.8 Å². The van der Waals surface area contributed by atoms with Gasteiger partial charge in [0.05, 0.1) is 12.6 Å². The van der Waals surface area contributed by atoms with Crippen molar-refractivity contribution in [3.63, 3.8) is 0 Å². The summed E-state index contributed by atoms with van der Waals surface area (Å²) in [6.07, 6.45) is 0. The van der Waals surface area contributed by atoms with Gasteiger partial charge in [0, 0.05) is 38.4 Å². The molecule has 0 bridgehead atoms. The fourth-order valence-electron chi connectivity index (χ4n) is 2.98. The van der Waals surface area contributed by atoms with Crippen molar-refractivity contribution >= 4 is 17.6 Å². The first kappa shape index (κ1) is 17.5. The fourth-order valence-corrected chi connectivity index (χ4v) is 2.98. The molecule has 2 aromatic rings. The van der Waals surface area contributed by atoms with Crippen molar-refractivity contribution < 1.29 is 5.11 Å². The number of piperazine rings is 1. The molecule has 1 atom stereocenters. The molecule has 0 aliphatic carbocycles. The Morgan fingerprint density at radius 2 is 1.84 bits per heavy atom. The van der Waals surface area contributed by atoms with Crippen LogP contribution in [0.4, 0.5) is 17.6 Å². The first-order valence-electron chi connectivity index (χ1n) is 8.56. The van der Waals surface area contributed by atoms with Crippen molar-refractivity contribution in [3.8, 4) is 0 Å². The maximum absolute atomic E-state index is 9.05. The van der Waals surface area contributed by atoms with Gasteiger partial charge in [-0.25, -0.2) is 0 Å². The molecule has 0 amide bonds. The van der Waals surface area contributed by atoms with Gasteiger partial charge in [0.2, 0.25) is 11.9 Å². The molecule has 1 saturated heterocycles. The monoisotopic (exact) mass is 343 g/mol. The summed E-state index contributed by atoms with van der Waals surface area (Å²) in [7, 11) is 0. The number of hydrogen-bond acceptors (Lipinski definition) is 8. The Bertz CT molecular complexity index is 674. The molecule has 1 aromatic heterocycles. The zero-order valence-corrected chi connectivity index (χ0v) is 14.5. The molecule has 134 valence electrons. The van der Waals surface area contributed by atoms with E-state index in [0.717, 1.165) is 38.4 Å². The summed E-state index contributed by atoms with van der Waals surface area (Å²) in [5.74, 6) is 1.34. The lowest BCUT2D eigenvalue weighted by molar-refractivity contribution is 0.0862. The van der Waals surface area contributed by atoms with Gasteiger partial charge in [-0.15, -0.1) is 0 Å². The molecule has 1 aliphatic heterocycles. The van der Waals surface area contributed by atoms with Crippen molar-refractivity contribution in [1.29, 1.82) is 0 Å². The first-order chi connectivity index (χ1) is 12.2. The minimum absolute atomic E-state index is 0.0536. The minimum atomic E-state index is 0.0536. The van der Waals surface area contributed by atoms with E-state index in [9.17, 15) is 0 Å². The zero-order valence-electron chi connectivity index (χ0n) is 14.5. The lowest BCUT2D eigenvalue weighted by Gasteiger charge is -2.37. The molecule has 1 unspecified atom stereocenters. The van der Waals surface area contributed by atoms with E-state index in [4.69, 9.17) is 10.8 Å². The minimum Gasteiger partial charge on any atom is -0.395 e. The molecule has 3 rings (SSSR count). The van der Waals surface area contributed by atoms with Crippen LogP contribution >= 0.6 is 0 Å². The largest absolute Gasteiger partial charge is 0.395 e. The summed E-state index contributed by atoms with van der Waals surface area (Å²) in [5.41, 5.74) is 6.79. The molecular weight excluding hydrogens is 318 g/mol. The lowest BCUT2D eigenvalue weighted by Crippen LogP contribution is -2.48. The van der Waals surface area contributed by atoms with E-state index in [1.807, 2.05) is 30.3 Å². The van der Waals surface area contributed by atoms with Crippen LogP contribution in [0.1, 0.15) is 18.8 Å². The van der Waals surface area contributed by atoms with Crippen LogP contribution in [0.3, 0.4) is 0 Å². The summed E-state index contributed by atoms with van der Waals surface area (Å²) < 4.78 is 0. The number of para-hydroxylation sites is 1. The summed E-state index contributed by atoms with van der Waals surface area (Å²) in [4.78, 5) is 17.6. The molecular formula is C17H25N7O. The van der Waals surface area contributed by atoms with Crippen molar-refractivity contribution in [2.45, 2.75) is 13.0 Å². The Labute approximate surface area is 147 Å². The molecule has 1 fully saturated rings. The smallest absolute Gasteiger partial charge is 0.232 e. The summed E-state index contributed by atoms with van der Waals surface area (Å²) in [5, 5.41) is 12.2. The Hall–Kier alpha value is -2.29. The molecule has 0 spiro atoms. The second-order valence-corrected chi connectivity index (χ2v) is 6.14. The topological polar surface area (TPSA) is 103 Å². The van der Waals surface area contributed by atoms with Gasteiger partial charge in [0.1, 0.15) is 0 Å². The number of hydrogen-bond donors (Lipinski definition) is 3. The highest BCUT2D eigenvalue weighted by Gasteiger charge is 2.24. The van der Waals surface area contributed by atoms with Gasteiger partial charge in [-0.1, -0.05) is 18.2 Å².